The first kappa shape index (κ1) is 34.2. The smallest absolute Gasteiger partial charge is 0.151 e. The largest absolute Gasteiger partial charge is 0.453 e. The molecule has 0 saturated carbocycles. The molecular formula is C54H37N3O2. The molecule has 2 aliphatic rings. The molecule has 0 fully saturated rings. The minimum absolute atomic E-state index is 0.841. The molecule has 0 spiro atoms. The Morgan fingerprint density at radius 3 is 1.00 bits per heavy atom. The van der Waals surface area contributed by atoms with Gasteiger partial charge in [-0.25, -0.2) is 0 Å². The van der Waals surface area contributed by atoms with E-state index in [1.807, 2.05) is 48.5 Å². The topological polar surface area (TPSA) is 28.2 Å². The van der Waals surface area contributed by atoms with Gasteiger partial charge in [0.05, 0.1) is 22.7 Å². The van der Waals surface area contributed by atoms with Crippen LogP contribution in [0.3, 0.4) is 0 Å². The summed E-state index contributed by atoms with van der Waals surface area (Å²) in [6.45, 7) is 0. The number of rotatable bonds is 7. The number of ether oxygens (including phenoxy) is 2. The molecule has 5 heteroatoms. The van der Waals surface area contributed by atoms with Gasteiger partial charge in [-0.15, -0.1) is 0 Å². The fraction of sp³-hybridized carbons (Fsp3) is 0. The average molecular weight is 760 g/mol. The van der Waals surface area contributed by atoms with Crippen molar-refractivity contribution in [1.29, 1.82) is 0 Å². The third kappa shape index (κ3) is 6.22. The quantitative estimate of drug-likeness (QED) is 0.161. The maximum Gasteiger partial charge on any atom is 0.151 e. The van der Waals surface area contributed by atoms with Crippen molar-refractivity contribution in [2.24, 2.45) is 0 Å². The fourth-order valence-corrected chi connectivity index (χ4v) is 8.24. The van der Waals surface area contributed by atoms with Gasteiger partial charge in [-0.3, -0.25) is 0 Å². The molecule has 0 saturated heterocycles. The van der Waals surface area contributed by atoms with Crippen LogP contribution < -0.4 is 24.2 Å². The molecule has 9 aromatic rings. The second kappa shape index (κ2) is 14.5. The van der Waals surface area contributed by atoms with Crippen LogP contribution in [-0.2, 0) is 0 Å². The van der Waals surface area contributed by atoms with E-state index in [9.17, 15) is 0 Å². The molecule has 0 aliphatic carbocycles. The first-order valence-electron chi connectivity index (χ1n) is 19.8. The summed E-state index contributed by atoms with van der Waals surface area (Å²) < 4.78 is 12.6. The van der Waals surface area contributed by atoms with E-state index in [0.717, 1.165) is 96.4 Å². The Kier molecular flexibility index (Phi) is 8.41. The van der Waals surface area contributed by atoms with Crippen molar-refractivity contribution in [1.82, 2.24) is 0 Å². The van der Waals surface area contributed by atoms with Gasteiger partial charge in [-0.05, 0) is 131 Å². The van der Waals surface area contributed by atoms with Crippen LogP contribution in [0, 0.1) is 0 Å². The van der Waals surface area contributed by atoms with E-state index in [0.29, 0.717) is 0 Å². The summed E-state index contributed by atoms with van der Waals surface area (Å²) in [6, 6.07) is 78.5. The fourth-order valence-electron chi connectivity index (χ4n) is 8.24. The van der Waals surface area contributed by atoms with E-state index in [2.05, 4.69) is 191 Å². The predicted octanol–water partition coefficient (Wildman–Crippen LogP) is 15.6. The third-order valence-corrected chi connectivity index (χ3v) is 11.0. The number of benzene rings is 9. The molecule has 9 aromatic carbocycles. The molecular weight excluding hydrogens is 723 g/mol. The summed E-state index contributed by atoms with van der Waals surface area (Å²) in [6.07, 6.45) is 0. The zero-order chi connectivity index (χ0) is 39.1. The molecule has 280 valence electrons. The van der Waals surface area contributed by atoms with Gasteiger partial charge in [0, 0.05) is 28.4 Å². The Labute approximate surface area is 343 Å². The average Bonchev–Trinajstić information content (AvgIpc) is 3.31. The van der Waals surface area contributed by atoms with Gasteiger partial charge < -0.3 is 24.2 Å². The van der Waals surface area contributed by atoms with E-state index >= 15 is 0 Å². The molecule has 59 heavy (non-hydrogen) atoms. The second-order valence-electron chi connectivity index (χ2n) is 14.6. The van der Waals surface area contributed by atoms with Crippen LogP contribution in [0.5, 0.6) is 23.0 Å². The van der Waals surface area contributed by atoms with E-state index in [4.69, 9.17) is 9.47 Å². The third-order valence-electron chi connectivity index (χ3n) is 11.0. The van der Waals surface area contributed by atoms with E-state index in [1.54, 1.807) is 0 Å². The molecule has 0 aromatic heterocycles. The Hall–Kier alpha value is -8.02. The molecule has 0 atom stereocenters. The SMILES string of the molecule is c1ccc(N(c2ccc(-c3cccc(N4c5ccccc5Oc5ccccc54)c3)cc2)c2ccc(-c3cccc(N4c5ccccc5Oc5ccccc54)c3)cc2)cc1. The highest BCUT2D eigenvalue weighted by atomic mass is 16.5. The normalized spacial score (nSPS) is 12.3. The van der Waals surface area contributed by atoms with E-state index in [-0.39, 0.29) is 0 Å². The summed E-state index contributed by atoms with van der Waals surface area (Å²) in [7, 11) is 0. The summed E-state index contributed by atoms with van der Waals surface area (Å²) >= 11 is 0. The van der Waals surface area contributed by atoms with Gasteiger partial charge in [0.25, 0.3) is 0 Å². The van der Waals surface area contributed by atoms with Gasteiger partial charge in [0.2, 0.25) is 0 Å². The summed E-state index contributed by atoms with van der Waals surface area (Å²) in [5.74, 6) is 3.37. The number of hydrogen-bond acceptors (Lipinski definition) is 5. The van der Waals surface area contributed by atoms with Crippen LogP contribution in [0.25, 0.3) is 22.3 Å². The predicted molar refractivity (Wildman–Crippen MR) is 242 cm³/mol. The lowest BCUT2D eigenvalue weighted by molar-refractivity contribution is 0.477. The number of anilines is 9. The molecule has 0 amide bonds. The summed E-state index contributed by atoms with van der Waals surface area (Å²) in [5, 5.41) is 0. The number of hydrogen-bond donors (Lipinski definition) is 0. The highest BCUT2D eigenvalue weighted by molar-refractivity contribution is 5.89. The lowest BCUT2D eigenvalue weighted by Gasteiger charge is -2.33. The second-order valence-corrected chi connectivity index (χ2v) is 14.6. The Morgan fingerprint density at radius 2 is 0.610 bits per heavy atom. The molecule has 11 rings (SSSR count). The van der Waals surface area contributed by atoms with Crippen molar-refractivity contribution < 1.29 is 9.47 Å². The summed E-state index contributed by atoms with van der Waals surface area (Å²) in [5.41, 5.74) is 14.0. The zero-order valence-electron chi connectivity index (χ0n) is 32.0. The number of para-hydroxylation sites is 9. The van der Waals surface area contributed by atoms with Crippen LogP contribution in [0.2, 0.25) is 0 Å². The van der Waals surface area contributed by atoms with Crippen molar-refractivity contribution in [2.75, 3.05) is 14.7 Å². The van der Waals surface area contributed by atoms with Crippen molar-refractivity contribution in [3.63, 3.8) is 0 Å². The van der Waals surface area contributed by atoms with Crippen molar-refractivity contribution in [3.05, 3.63) is 224 Å². The molecule has 5 nitrogen and oxygen atoms in total. The number of fused-ring (bicyclic) bond motifs is 4. The molecule has 2 aliphatic heterocycles. The van der Waals surface area contributed by atoms with Crippen molar-refractivity contribution in [2.45, 2.75) is 0 Å². The Morgan fingerprint density at radius 1 is 0.271 bits per heavy atom. The van der Waals surface area contributed by atoms with Gasteiger partial charge in [0.15, 0.2) is 23.0 Å². The van der Waals surface area contributed by atoms with E-state index < -0.39 is 0 Å². The van der Waals surface area contributed by atoms with Crippen LogP contribution in [-0.4, -0.2) is 0 Å². The van der Waals surface area contributed by atoms with Crippen LogP contribution >= 0.6 is 0 Å². The summed E-state index contributed by atoms with van der Waals surface area (Å²) in [4.78, 5) is 6.87. The van der Waals surface area contributed by atoms with Crippen molar-refractivity contribution >= 4 is 51.2 Å². The monoisotopic (exact) mass is 759 g/mol. The van der Waals surface area contributed by atoms with Crippen molar-refractivity contribution in [3.8, 4) is 45.3 Å². The minimum atomic E-state index is 0.841. The van der Waals surface area contributed by atoms with Gasteiger partial charge in [-0.2, -0.15) is 0 Å². The molecule has 0 unspecified atom stereocenters. The first-order valence-corrected chi connectivity index (χ1v) is 19.8. The highest BCUT2D eigenvalue weighted by Crippen LogP contribution is 2.52. The van der Waals surface area contributed by atoms with Crippen LogP contribution in [0.4, 0.5) is 51.2 Å². The van der Waals surface area contributed by atoms with Crippen LogP contribution in [0.15, 0.2) is 224 Å². The molecule has 0 bridgehead atoms. The van der Waals surface area contributed by atoms with E-state index in [1.165, 1.54) is 0 Å². The minimum Gasteiger partial charge on any atom is -0.453 e. The number of nitrogens with zero attached hydrogens (tertiary/aromatic N) is 3. The maximum atomic E-state index is 6.28. The Bertz CT molecular complexity index is 2690. The molecule has 0 radical (unpaired) electrons. The standard InChI is InChI=1S/C54H37N3O2/c1-2-16-42(17-3-1)55(43-32-28-38(29-33-43)40-14-12-18-45(36-40)56-47-20-4-8-24-51(47)58-52-25-9-5-21-48(52)56)44-34-30-39(31-35-44)41-15-13-19-46(37-41)57-49-22-6-10-26-53(49)59-54-27-11-7-23-50(54)57/h1-37H. The highest BCUT2D eigenvalue weighted by Gasteiger charge is 2.27. The lowest BCUT2D eigenvalue weighted by atomic mass is 10.0. The van der Waals surface area contributed by atoms with Crippen LogP contribution in [0.1, 0.15) is 0 Å². The Balaban J connectivity index is 0.907. The van der Waals surface area contributed by atoms with Gasteiger partial charge in [0.1, 0.15) is 0 Å². The lowest BCUT2D eigenvalue weighted by Crippen LogP contribution is -2.15. The first-order chi connectivity index (χ1) is 29.2. The van der Waals surface area contributed by atoms with Gasteiger partial charge >= 0.3 is 0 Å². The molecule has 0 N–H and O–H groups in total. The maximum absolute atomic E-state index is 6.28. The zero-order valence-corrected chi connectivity index (χ0v) is 32.0. The molecule has 2 heterocycles. The van der Waals surface area contributed by atoms with Gasteiger partial charge in [-0.1, -0.05) is 115 Å².